The minimum absolute atomic E-state index is 0.178. The molecule has 0 aliphatic carbocycles. The van der Waals surface area contributed by atoms with Crippen LogP contribution < -0.4 is 4.74 Å². The van der Waals surface area contributed by atoms with Crippen molar-refractivity contribution in [1.29, 1.82) is 0 Å². The van der Waals surface area contributed by atoms with Crippen molar-refractivity contribution in [2.24, 2.45) is 0 Å². The summed E-state index contributed by atoms with van der Waals surface area (Å²) in [4.78, 5) is 3.98. The SMILES string of the molecule is OCc1cccnc1Oc1ccc(Br)c(F)c1. The number of benzene rings is 1. The van der Waals surface area contributed by atoms with Crippen LogP contribution in [0.25, 0.3) is 0 Å². The summed E-state index contributed by atoms with van der Waals surface area (Å²) >= 11 is 3.06. The molecule has 0 saturated carbocycles. The van der Waals surface area contributed by atoms with Gasteiger partial charge in [0.2, 0.25) is 5.88 Å². The standard InChI is InChI=1S/C12H9BrFNO2/c13-10-4-3-9(6-11(10)14)17-12-8(7-16)2-1-5-15-12/h1-6,16H,7H2. The summed E-state index contributed by atoms with van der Waals surface area (Å²) in [5, 5.41) is 9.09. The third kappa shape index (κ3) is 2.81. The highest BCUT2D eigenvalue weighted by atomic mass is 79.9. The van der Waals surface area contributed by atoms with E-state index in [4.69, 9.17) is 9.84 Å². The number of nitrogens with zero attached hydrogens (tertiary/aromatic N) is 1. The van der Waals surface area contributed by atoms with Crippen LogP contribution in [0.1, 0.15) is 5.56 Å². The number of hydrogen-bond acceptors (Lipinski definition) is 3. The molecule has 0 saturated heterocycles. The predicted octanol–water partition coefficient (Wildman–Crippen LogP) is 3.27. The molecule has 0 radical (unpaired) electrons. The van der Waals surface area contributed by atoms with Gasteiger partial charge in [-0.2, -0.15) is 0 Å². The van der Waals surface area contributed by atoms with Crippen molar-refractivity contribution in [2.45, 2.75) is 6.61 Å². The molecule has 1 N–H and O–H groups in total. The van der Waals surface area contributed by atoms with Crippen molar-refractivity contribution < 1.29 is 14.2 Å². The molecule has 0 unspecified atom stereocenters. The van der Waals surface area contributed by atoms with Gasteiger partial charge in [-0.15, -0.1) is 0 Å². The van der Waals surface area contributed by atoms with E-state index in [1.165, 1.54) is 6.07 Å². The van der Waals surface area contributed by atoms with Gasteiger partial charge in [-0.3, -0.25) is 0 Å². The van der Waals surface area contributed by atoms with Crippen molar-refractivity contribution in [3.63, 3.8) is 0 Å². The Morgan fingerprint density at radius 2 is 2.18 bits per heavy atom. The Bertz CT molecular complexity index is 534. The number of aliphatic hydroxyl groups excluding tert-OH is 1. The maximum atomic E-state index is 13.3. The Kier molecular flexibility index (Phi) is 3.71. The Morgan fingerprint density at radius 1 is 1.35 bits per heavy atom. The van der Waals surface area contributed by atoms with E-state index in [1.807, 2.05) is 0 Å². The maximum Gasteiger partial charge on any atom is 0.224 e. The highest BCUT2D eigenvalue weighted by Crippen LogP contribution is 2.26. The van der Waals surface area contributed by atoms with Gasteiger partial charge in [0.15, 0.2) is 0 Å². The van der Waals surface area contributed by atoms with Gasteiger partial charge in [-0.05, 0) is 40.2 Å². The molecule has 2 aromatic rings. The largest absolute Gasteiger partial charge is 0.439 e. The smallest absolute Gasteiger partial charge is 0.224 e. The summed E-state index contributed by atoms with van der Waals surface area (Å²) in [5.74, 6) is 0.194. The van der Waals surface area contributed by atoms with Gasteiger partial charge in [0, 0.05) is 17.8 Å². The van der Waals surface area contributed by atoms with E-state index in [0.717, 1.165) is 0 Å². The van der Waals surface area contributed by atoms with E-state index in [-0.39, 0.29) is 12.5 Å². The molecule has 3 nitrogen and oxygen atoms in total. The fourth-order valence-corrected chi connectivity index (χ4v) is 1.53. The van der Waals surface area contributed by atoms with Crippen LogP contribution in [-0.4, -0.2) is 10.1 Å². The van der Waals surface area contributed by atoms with Crippen LogP contribution in [0.4, 0.5) is 4.39 Å². The Labute approximate surface area is 106 Å². The summed E-state index contributed by atoms with van der Waals surface area (Å²) < 4.78 is 19.0. The van der Waals surface area contributed by atoms with Gasteiger partial charge in [0.05, 0.1) is 11.1 Å². The maximum absolute atomic E-state index is 13.3. The molecule has 1 heterocycles. The monoisotopic (exact) mass is 297 g/mol. The Morgan fingerprint density at radius 3 is 2.88 bits per heavy atom. The van der Waals surface area contributed by atoms with Gasteiger partial charge >= 0.3 is 0 Å². The minimum atomic E-state index is -0.413. The average molecular weight is 298 g/mol. The zero-order chi connectivity index (χ0) is 12.3. The molecule has 17 heavy (non-hydrogen) atoms. The normalized spacial score (nSPS) is 10.3. The van der Waals surface area contributed by atoms with Crippen LogP contribution in [0.5, 0.6) is 11.6 Å². The van der Waals surface area contributed by atoms with Gasteiger partial charge in [-0.25, -0.2) is 9.37 Å². The van der Waals surface area contributed by atoms with E-state index in [2.05, 4.69) is 20.9 Å². The average Bonchev–Trinajstić information content (AvgIpc) is 2.34. The van der Waals surface area contributed by atoms with Gasteiger partial charge in [0.1, 0.15) is 11.6 Å². The highest BCUT2D eigenvalue weighted by molar-refractivity contribution is 9.10. The van der Waals surface area contributed by atoms with Crippen LogP contribution in [-0.2, 0) is 6.61 Å². The lowest BCUT2D eigenvalue weighted by molar-refractivity contribution is 0.275. The van der Waals surface area contributed by atoms with Crippen LogP contribution in [0.3, 0.4) is 0 Å². The fraction of sp³-hybridized carbons (Fsp3) is 0.0833. The molecule has 1 aromatic carbocycles. The number of halogens is 2. The molecule has 0 bridgehead atoms. The number of rotatable bonds is 3. The fourth-order valence-electron chi connectivity index (χ4n) is 1.29. The lowest BCUT2D eigenvalue weighted by Gasteiger charge is -2.08. The third-order valence-electron chi connectivity index (χ3n) is 2.13. The number of pyridine rings is 1. The number of aromatic nitrogens is 1. The first kappa shape index (κ1) is 12.0. The lowest BCUT2D eigenvalue weighted by Crippen LogP contribution is -1.94. The van der Waals surface area contributed by atoms with Crippen molar-refractivity contribution in [3.8, 4) is 11.6 Å². The highest BCUT2D eigenvalue weighted by Gasteiger charge is 2.07. The van der Waals surface area contributed by atoms with Gasteiger partial charge in [-0.1, -0.05) is 0 Å². The van der Waals surface area contributed by atoms with Crippen molar-refractivity contribution >= 4 is 15.9 Å². The molecule has 1 aromatic heterocycles. The molecule has 0 aliphatic heterocycles. The summed E-state index contributed by atoms with van der Waals surface area (Å²) in [5.41, 5.74) is 0.552. The zero-order valence-corrected chi connectivity index (χ0v) is 10.3. The Hall–Kier alpha value is -1.46. The van der Waals surface area contributed by atoms with Crippen molar-refractivity contribution in [1.82, 2.24) is 4.98 Å². The van der Waals surface area contributed by atoms with Gasteiger partial charge < -0.3 is 9.84 Å². The number of aliphatic hydroxyl groups is 1. The molecular weight excluding hydrogens is 289 g/mol. The van der Waals surface area contributed by atoms with Crippen molar-refractivity contribution in [3.05, 3.63) is 52.4 Å². The molecule has 0 spiro atoms. The number of hydrogen-bond donors (Lipinski definition) is 1. The van der Waals surface area contributed by atoms with E-state index in [1.54, 1.807) is 30.5 Å². The van der Waals surface area contributed by atoms with E-state index in [0.29, 0.717) is 15.8 Å². The zero-order valence-electron chi connectivity index (χ0n) is 8.73. The Balaban J connectivity index is 2.28. The summed E-state index contributed by atoms with van der Waals surface area (Å²) in [6, 6.07) is 7.80. The predicted molar refractivity (Wildman–Crippen MR) is 64.3 cm³/mol. The lowest BCUT2D eigenvalue weighted by atomic mass is 10.3. The molecule has 5 heteroatoms. The summed E-state index contributed by atoms with van der Waals surface area (Å²) in [6.45, 7) is -0.178. The third-order valence-corrected chi connectivity index (χ3v) is 2.77. The van der Waals surface area contributed by atoms with E-state index in [9.17, 15) is 4.39 Å². The van der Waals surface area contributed by atoms with Crippen molar-refractivity contribution in [2.75, 3.05) is 0 Å². The molecule has 0 atom stereocenters. The molecule has 88 valence electrons. The summed E-state index contributed by atoms with van der Waals surface area (Å²) in [6.07, 6.45) is 1.55. The van der Waals surface area contributed by atoms with Crippen LogP contribution in [0, 0.1) is 5.82 Å². The molecule has 0 aliphatic rings. The first-order valence-electron chi connectivity index (χ1n) is 4.88. The summed E-state index contributed by atoms with van der Waals surface area (Å²) in [7, 11) is 0. The van der Waals surface area contributed by atoms with E-state index >= 15 is 0 Å². The second-order valence-corrected chi connectivity index (χ2v) is 4.16. The quantitative estimate of drug-likeness (QED) is 0.945. The van der Waals surface area contributed by atoms with Crippen LogP contribution in [0.15, 0.2) is 41.0 Å². The second-order valence-electron chi connectivity index (χ2n) is 3.30. The first-order valence-corrected chi connectivity index (χ1v) is 5.67. The topological polar surface area (TPSA) is 42.4 Å². The molecular formula is C12H9BrFNO2. The van der Waals surface area contributed by atoms with Gasteiger partial charge in [0.25, 0.3) is 0 Å². The number of ether oxygens (including phenoxy) is 1. The van der Waals surface area contributed by atoms with Crippen LogP contribution in [0.2, 0.25) is 0 Å². The molecule has 2 rings (SSSR count). The van der Waals surface area contributed by atoms with E-state index < -0.39 is 5.82 Å². The molecule has 0 amide bonds. The molecule has 0 fully saturated rings. The minimum Gasteiger partial charge on any atom is -0.439 e. The van der Waals surface area contributed by atoms with Crippen LogP contribution >= 0.6 is 15.9 Å². The first-order chi connectivity index (χ1) is 8.20. The second kappa shape index (κ2) is 5.25.